The minimum Gasteiger partial charge on any atom is -0.497 e. The fraction of sp³-hybridized carbons (Fsp3) is 0.364. The summed E-state index contributed by atoms with van der Waals surface area (Å²) in [5, 5.41) is 3.00. The first-order valence-electron chi connectivity index (χ1n) is 9.31. The number of nitrogens with zero attached hydrogens (tertiary/aromatic N) is 1. The van der Waals surface area contributed by atoms with Crippen molar-refractivity contribution in [1.29, 1.82) is 0 Å². The lowest BCUT2D eigenvalue weighted by molar-refractivity contribution is -0.125. The Morgan fingerprint density at radius 2 is 1.96 bits per heavy atom. The van der Waals surface area contributed by atoms with Crippen molar-refractivity contribution in [3.8, 4) is 5.75 Å². The summed E-state index contributed by atoms with van der Waals surface area (Å²) < 4.78 is 5.28. The zero-order chi connectivity index (χ0) is 19.4. The summed E-state index contributed by atoms with van der Waals surface area (Å²) in [5.74, 6) is 1.000. The molecule has 1 aliphatic rings. The Morgan fingerprint density at radius 3 is 2.70 bits per heavy atom. The highest BCUT2D eigenvalue weighted by Crippen LogP contribution is 2.35. The summed E-state index contributed by atoms with van der Waals surface area (Å²) in [6.07, 6.45) is 0.907. The number of fused-ring (bicyclic) bond motifs is 1. The van der Waals surface area contributed by atoms with Crippen molar-refractivity contribution in [1.82, 2.24) is 10.2 Å². The molecule has 1 N–H and O–H groups in total. The molecular weight excluding hydrogens is 340 g/mol. The van der Waals surface area contributed by atoms with Gasteiger partial charge in [-0.3, -0.25) is 9.59 Å². The SMILES string of the molecule is COc1cccc(CN2C(=O)c3ccccc3C2C(=O)NCCC(C)C)c1. The van der Waals surface area contributed by atoms with Crippen LogP contribution in [-0.2, 0) is 11.3 Å². The predicted molar refractivity (Wildman–Crippen MR) is 105 cm³/mol. The second-order valence-corrected chi connectivity index (χ2v) is 7.25. The van der Waals surface area contributed by atoms with Gasteiger partial charge >= 0.3 is 0 Å². The van der Waals surface area contributed by atoms with E-state index in [-0.39, 0.29) is 11.8 Å². The highest BCUT2D eigenvalue weighted by molar-refractivity contribution is 6.04. The van der Waals surface area contributed by atoms with Crippen LogP contribution in [0.4, 0.5) is 0 Å². The third-order valence-corrected chi connectivity index (χ3v) is 4.81. The molecule has 0 spiro atoms. The van der Waals surface area contributed by atoms with E-state index < -0.39 is 6.04 Å². The predicted octanol–water partition coefficient (Wildman–Crippen LogP) is 3.55. The zero-order valence-corrected chi connectivity index (χ0v) is 16.1. The van der Waals surface area contributed by atoms with E-state index in [0.29, 0.717) is 24.6 Å². The minimum absolute atomic E-state index is 0.113. The van der Waals surface area contributed by atoms with Crippen LogP contribution in [0, 0.1) is 5.92 Å². The summed E-state index contributed by atoms with van der Waals surface area (Å²) in [6, 6.07) is 14.3. The maximum absolute atomic E-state index is 13.0. The molecular formula is C22H26N2O3. The van der Waals surface area contributed by atoms with Gasteiger partial charge in [0.05, 0.1) is 7.11 Å². The molecule has 27 heavy (non-hydrogen) atoms. The van der Waals surface area contributed by atoms with Gasteiger partial charge in [-0.25, -0.2) is 0 Å². The van der Waals surface area contributed by atoms with E-state index >= 15 is 0 Å². The van der Waals surface area contributed by atoms with Gasteiger partial charge in [0.15, 0.2) is 0 Å². The largest absolute Gasteiger partial charge is 0.497 e. The second-order valence-electron chi connectivity index (χ2n) is 7.25. The number of rotatable bonds is 7. The van der Waals surface area contributed by atoms with Crippen LogP contribution in [-0.4, -0.2) is 30.4 Å². The van der Waals surface area contributed by atoms with Crippen LogP contribution in [0.1, 0.15) is 47.8 Å². The molecule has 1 aliphatic heterocycles. The fourth-order valence-electron chi connectivity index (χ4n) is 3.36. The van der Waals surface area contributed by atoms with E-state index in [1.807, 2.05) is 42.5 Å². The average molecular weight is 366 g/mol. The summed E-state index contributed by atoms with van der Waals surface area (Å²) in [7, 11) is 1.61. The van der Waals surface area contributed by atoms with E-state index in [9.17, 15) is 9.59 Å². The lowest BCUT2D eigenvalue weighted by Crippen LogP contribution is -2.39. The third kappa shape index (κ3) is 4.13. The van der Waals surface area contributed by atoms with Gasteiger partial charge in [0.2, 0.25) is 5.91 Å². The smallest absolute Gasteiger partial charge is 0.255 e. The Morgan fingerprint density at radius 1 is 1.19 bits per heavy atom. The fourth-order valence-corrected chi connectivity index (χ4v) is 3.36. The number of ether oxygens (including phenoxy) is 1. The molecule has 5 heteroatoms. The normalized spacial score (nSPS) is 15.8. The Labute approximate surface area is 160 Å². The maximum Gasteiger partial charge on any atom is 0.255 e. The van der Waals surface area contributed by atoms with Crippen molar-refractivity contribution in [3.63, 3.8) is 0 Å². The summed E-state index contributed by atoms with van der Waals surface area (Å²) in [4.78, 5) is 27.5. The molecule has 0 saturated carbocycles. The zero-order valence-electron chi connectivity index (χ0n) is 16.1. The Kier molecular flexibility index (Phi) is 5.79. The van der Waals surface area contributed by atoms with Crippen LogP contribution in [0.2, 0.25) is 0 Å². The highest BCUT2D eigenvalue weighted by Gasteiger charge is 2.40. The van der Waals surface area contributed by atoms with E-state index in [0.717, 1.165) is 23.3 Å². The quantitative estimate of drug-likeness (QED) is 0.815. The van der Waals surface area contributed by atoms with Gasteiger partial charge in [0.1, 0.15) is 11.8 Å². The number of amides is 2. The van der Waals surface area contributed by atoms with Crippen molar-refractivity contribution in [3.05, 3.63) is 65.2 Å². The molecule has 2 aromatic carbocycles. The van der Waals surface area contributed by atoms with E-state index in [1.54, 1.807) is 18.1 Å². The molecule has 1 heterocycles. The monoisotopic (exact) mass is 366 g/mol. The van der Waals surface area contributed by atoms with Gasteiger partial charge in [0, 0.05) is 18.7 Å². The Hall–Kier alpha value is -2.82. The lowest BCUT2D eigenvalue weighted by Gasteiger charge is -2.25. The van der Waals surface area contributed by atoms with Crippen LogP contribution in [0.5, 0.6) is 5.75 Å². The van der Waals surface area contributed by atoms with Gasteiger partial charge in [0.25, 0.3) is 5.91 Å². The Bertz CT molecular complexity index is 832. The topological polar surface area (TPSA) is 58.6 Å². The number of methoxy groups -OCH3 is 1. The molecule has 0 saturated heterocycles. The molecule has 1 unspecified atom stereocenters. The van der Waals surface area contributed by atoms with Gasteiger partial charge in [-0.2, -0.15) is 0 Å². The van der Waals surface area contributed by atoms with Crippen LogP contribution in [0.3, 0.4) is 0 Å². The van der Waals surface area contributed by atoms with Crippen molar-refractivity contribution < 1.29 is 14.3 Å². The summed E-state index contributed by atoms with van der Waals surface area (Å²) in [5.41, 5.74) is 2.30. The molecule has 0 radical (unpaired) electrons. The first-order chi connectivity index (χ1) is 13.0. The van der Waals surface area contributed by atoms with Gasteiger partial charge in [-0.15, -0.1) is 0 Å². The molecule has 0 aromatic heterocycles. The molecule has 5 nitrogen and oxygen atoms in total. The number of carbonyl (C=O) groups excluding carboxylic acids is 2. The van der Waals surface area contributed by atoms with Crippen molar-refractivity contribution in [2.45, 2.75) is 32.9 Å². The summed E-state index contributed by atoms with van der Waals surface area (Å²) >= 11 is 0. The van der Waals surface area contributed by atoms with Crippen molar-refractivity contribution >= 4 is 11.8 Å². The molecule has 0 aliphatic carbocycles. The van der Waals surface area contributed by atoms with Crippen molar-refractivity contribution in [2.75, 3.05) is 13.7 Å². The van der Waals surface area contributed by atoms with Crippen LogP contribution in [0.25, 0.3) is 0 Å². The average Bonchev–Trinajstić information content (AvgIpc) is 2.94. The van der Waals surface area contributed by atoms with Crippen LogP contribution in [0.15, 0.2) is 48.5 Å². The second kappa shape index (κ2) is 8.25. The number of hydrogen-bond acceptors (Lipinski definition) is 3. The first kappa shape index (κ1) is 19.0. The molecule has 1 atom stereocenters. The minimum atomic E-state index is -0.605. The molecule has 0 bridgehead atoms. The van der Waals surface area contributed by atoms with Crippen LogP contribution >= 0.6 is 0 Å². The van der Waals surface area contributed by atoms with Gasteiger partial charge < -0.3 is 15.0 Å². The highest BCUT2D eigenvalue weighted by atomic mass is 16.5. The Balaban J connectivity index is 1.86. The number of nitrogens with one attached hydrogen (secondary N) is 1. The van der Waals surface area contributed by atoms with E-state index in [2.05, 4.69) is 19.2 Å². The maximum atomic E-state index is 13.0. The van der Waals surface area contributed by atoms with E-state index in [1.165, 1.54) is 0 Å². The van der Waals surface area contributed by atoms with E-state index in [4.69, 9.17) is 4.74 Å². The molecule has 2 amide bonds. The summed E-state index contributed by atoms with van der Waals surface area (Å²) in [6.45, 7) is 5.20. The molecule has 142 valence electrons. The van der Waals surface area contributed by atoms with Crippen LogP contribution < -0.4 is 10.1 Å². The van der Waals surface area contributed by atoms with Gasteiger partial charge in [-0.05, 0) is 41.7 Å². The first-order valence-corrected chi connectivity index (χ1v) is 9.31. The standard InChI is InChI=1S/C22H26N2O3/c1-15(2)11-12-23-21(25)20-18-9-4-5-10-19(18)22(26)24(20)14-16-7-6-8-17(13-16)27-3/h4-10,13,15,20H,11-12,14H2,1-3H3,(H,23,25). The molecule has 3 rings (SSSR count). The molecule has 2 aromatic rings. The third-order valence-electron chi connectivity index (χ3n) is 4.81. The molecule has 0 fully saturated rings. The number of carbonyl (C=O) groups is 2. The van der Waals surface area contributed by atoms with Crippen molar-refractivity contribution in [2.24, 2.45) is 5.92 Å². The number of benzene rings is 2. The lowest BCUT2D eigenvalue weighted by atomic mass is 10.0. The number of hydrogen-bond donors (Lipinski definition) is 1. The van der Waals surface area contributed by atoms with Gasteiger partial charge in [-0.1, -0.05) is 44.2 Å².